The number of ether oxygens (including phenoxy) is 1. The fraction of sp³-hybridized carbons (Fsp3) is 0.571. The van der Waals surface area contributed by atoms with Gasteiger partial charge in [0.15, 0.2) is 0 Å². The number of halogens is 3. The van der Waals surface area contributed by atoms with Gasteiger partial charge < -0.3 is 10.5 Å². The second kappa shape index (κ2) is 5.04. The summed E-state index contributed by atoms with van der Waals surface area (Å²) in [6, 6.07) is 7.26. The Bertz CT molecular complexity index is 447. The lowest BCUT2D eigenvalue weighted by Gasteiger charge is -2.39. The molecule has 5 heteroatoms. The first-order chi connectivity index (χ1) is 8.79. The first-order valence-electron chi connectivity index (χ1n) is 6.39. The molecule has 0 radical (unpaired) electrons. The molecule has 0 aliphatic carbocycles. The van der Waals surface area contributed by atoms with Crippen LogP contribution in [0.2, 0.25) is 0 Å². The van der Waals surface area contributed by atoms with Gasteiger partial charge in [-0.2, -0.15) is 13.2 Å². The normalized spacial score (nSPS) is 26.7. The highest BCUT2D eigenvalue weighted by atomic mass is 19.4. The second-order valence-corrected chi connectivity index (χ2v) is 5.37. The molecule has 106 valence electrons. The lowest BCUT2D eigenvalue weighted by molar-refractivity contribution is -0.137. The molecule has 19 heavy (non-hydrogen) atoms. The second-order valence-electron chi connectivity index (χ2n) is 5.37. The zero-order valence-electron chi connectivity index (χ0n) is 10.8. The molecule has 2 rings (SSSR count). The van der Waals surface area contributed by atoms with E-state index in [1.807, 2.05) is 31.2 Å². The van der Waals surface area contributed by atoms with Crippen LogP contribution in [0.3, 0.4) is 0 Å². The van der Waals surface area contributed by atoms with E-state index in [-0.39, 0.29) is 12.5 Å². The molecule has 1 aromatic rings. The Balaban J connectivity index is 2.02. The van der Waals surface area contributed by atoms with Crippen molar-refractivity contribution in [2.24, 2.45) is 5.73 Å². The van der Waals surface area contributed by atoms with Crippen LogP contribution in [0.1, 0.15) is 44.2 Å². The van der Waals surface area contributed by atoms with Crippen LogP contribution in [0.25, 0.3) is 0 Å². The highest BCUT2D eigenvalue weighted by Gasteiger charge is 2.36. The number of hydrogen-bond acceptors (Lipinski definition) is 2. The molecule has 2 atom stereocenters. The molecule has 2 N–H and O–H groups in total. The summed E-state index contributed by atoms with van der Waals surface area (Å²) in [5.41, 5.74) is 6.39. The van der Waals surface area contributed by atoms with Crippen molar-refractivity contribution in [1.29, 1.82) is 0 Å². The van der Waals surface area contributed by atoms with Crippen LogP contribution in [-0.2, 0) is 0 Å². The molecule has 0 spiro atoms. The Morgan fingerprint density at radius 3 is 2.74 bits per heavy atom. The summed E-state index contributed by atoms with van der Waals surface area (Å²) in [4.78, 5) is 0. The number of rotatable bonds is 3. The molecular weight excluding hydrogens is 255 g/mol. The van der Waals surface area contributed by atoms with Crippen LogP contribution in [0.5, 0.6) is 5.75 Å². The minimum atomic E-state index is -4.11. The summed E-state index contributed by atoms with van der Waals surface area (Å²) >= 11 is 0. The highest BCUT2D eigenvalue weighted by Crippen LogP contribution is 2.40. The minimum Gasteiger partial charge on any atom is -0.487 e. The van der Waals surface area contributed by atoms with Gasteiger partial charge in [-0.15, -0.1) is 0 Å². The van der Waals surface area contributed by atoms with E-state index in [0.29, 0.717) is 18.6 Å². The molecule has 0 aromatic heterocycles. The van der Waals surface area contributed by atoms with Crippen molar-refractivity contribution in [2.45, 2.75) is 50.4 Å². The summed E-state index contributed by atoms with van der Waals surface area (Å²) in [5.74, 6) is 0.691. The van der Waals surface area contributed by atoms with Gasteiger partial charge in [0, 0.05) is 24.4 Å². The predicted molar refractivity (Wildman–Crippen MR) is 66.9 cm³/mol. The maximum absolute atomic E-state index is 12.2. The van der Waals surface area contributed by atoms with Gasteiger partial charge in [0.2, 0.25) is 0 Å². The van der Waals surface area contributed by atoms with E-state index in [1.165, 1.54) is 0 Å². The van der Waals surface area contributed by atoms with Gasteiger partial charge in [0.25, 0.3) is 0 Å². The van der Waals surface area contributed by atoms with E-state index < -0.39 is 18.2 Å². The van der Waals surface area contributed by atoms with Crippen LogP contribution in [0, 0.1) is 0 Å². The van der Waals surface area contributed by atoms with Gasteiger partial charge in [-0.1, -0.05) is 18.2 Å². The van der Waals surface area contributed by atoms with Gasteiger partial charge in [-0.3, -0.25) is 0 Å². The summed E-state index contributed by atoms with van der Waals surface area (Å²) in [6.07, 6.45) is -3.92. The van der Waals surface area contributed by atoms with Crippen molar-refractivity contribution in [1.82, 2.24) is 0 Å². The molecule has 0 bridgehead atoms. The molecule has 0 amide bonds. The molecule has 0 saturated carbocycles. The lowest BCUT2D eigenvalue weighted by Crippen LogP contribution is -2.40. The quantitative estimate of drug-likeness (QED) is 0.904. The Labute approximate surface area is 110 Å². The van der Waals surface area contributed by atoms with Crippen molar-refractivity contribution in [2.75, 3.05) is 0 Å². The van der Waals surface area contributed by atoms with Gasteiger partial charge in [-0.25, -0.2) is 0 Å². The van der Waals surface area contributed by atoms with Crippen LogP contribution in [0.4, 0.5) is 13.2 Å². The van der Waals surface area contributed by atoms with Crippen molar-refractivity contribution < 1.29 is 17.9 Å². The van der Waals surface area contributed by atoms with Gasteiger partial charge in [-0.05, 0) is 25.8 Å². The van der Waals surface area contributed by atoms with Crippen LogP contribution < -0.4 is 10.5 Å². The highest BCUT2D eigenvalue weighted by molar-refractivity contribution is 5.38. The molecule has 1 heterocycles. The van der Waals surface area contributed by atoms with Gasteiger partial charge in [0.05, 0.1) is 0 Å². The largest absolute Gasteiger partial charge is 0.487 e. The molecule has 1 aliphatic heterocycles. The van der Waals surface area contributed by atoms with E-state index >= 15 is 0 Å². The van der Waals surface area contributed by atoms with E-state index in [9.17, 15) is 13.2 Å². The Hall–Kier alpha value is -1.23. The third kappa shape index (κ3) is 3.62. The van der Waals surface area contributed by atoms with Crippen molar-refractivity contribution in [3.8, 4) is 5.75 Å². The van der Waals surface area contributed by atoms with Crippen molar-refractivity contribution in [3.63, 3.8) is 0 Å². The fourth-order valence-corrected chi connectivity index (χ4v) is 2.58. The van der Waals surface area contributed by atoms with E-state index in [4.69, 9.17) is 10.5 Å². The van der Waals surface area contributed by atoms with E-state index in [0.717, 1.165) is 5.56 Å². The van der Waals surface area contributed by atoms with Crippen LogP contribution in [-0.4, -0.2) is 11.8 Å². The van der Waals surface area contributed by atoms with Crippen molar-refractivity contribution >= 4 is 0 Å². The zero-order valence-corrected chi connectivity index (χ0v) is 10.8. The summed E-state index contributed by atoms with van der Waals surface area (Å²) in [7, 11) is 0. The van der Waals surface area contributed by atoms with Crippen molar-refractivity contribution in [3.05, 3.63) is 29.8 Å². The number of fused-ring (bicyclic) bond motifs is 1. The molecule has 2 nitrogen and oxygen atoms in total. The van der Waals surface area contributed by atoms with Crippen LogP contribution in [0.15, 0.2) is 24.3 Å². The topological polar surface area (TPSA) is 35.2 Å². The third-order valence-corrected chi connectivity index (χ3v) is 3.49. The number of para-hydroxylation sites is 1. The number of nitrogens with two attached hydrogens (primary N) is 1. The molecule has 1 unspecified atom stereocenters. The zero-order chi connectivity index (χ0) is 14.1. The fourth-order valence-electron chi connectivity index (χ4n) is 2.58. The Morgan fingerprint density at radius 2 is 2.05 bits per heavy atom. The predicted octanol–water partition coefficient (Wildman–Crippen LogP) is 3.96. The number of hydrogen-bond donors (Lipinski definition) is 1. The third-order valence-electron chi connectivity index (χ3n) is 3.49. The van der Waals surface area contributed by atoms with E-state index in [2.05, 4.69) is 0 Å². The molecular formula is C14H18F3NO. The summed E-state index contributed by atoms with van der Waals surface area (Å²) in [5, 5.41) is 0. The lowest BCUT2D eigenvalue weighted by atomic mass is 9.85. The van der Waals surface area contributed by atoms with Crippen LogP contribution >= 0.6 is 0 Å². The Kier molecular flexibility index (Phi) is 3.76. The maximum atomic E-state index is 12.2. The smallest absolute Gasteiger partial charge is 0.389 e. The monoisotopic (exact) mass is 273 g/mol. The molecule has 0 saturated heterocycles. The van der Waals surface area contributed by atoms with Gasteiger partial charge in [0.1, 0.15) is 11.4 Å². The van der Waals surface area contributed by atoms with Gasteiger partial charge >= 0.3 is 6.18 Å². The maximum Gasteiger partial charge on any atom is 0.389 e. The average Bonchev–Trinajstić information content (AvgIpc) is 2.26. The Morgan fingerprint density at radius 1 is 1.37 bits per heavy atom. The average molecular weight is 273 g/mol. The standard InChI is InChI=1S/C14H18F3NO/c1-13(7-4-8-14(15,16)17)9-11(18)10-5-2-3-6-12(10)19-13/h2-3,5-6,11H,4,7-9,18H2,1H3/t11-,13?/m1/s1. The first kappa shape index (κ1) is 14.2. The first-order valence-corrected chi connectivity index (χ1v) is 6.39. The number of alkyl halides is 3. The van der Waals surface area contributed by atoms with E-state index in [1.54, 1.807) is 0 Å². The molecule has 1 aliphatic rings. The number of benzene rings is 1. The molecule has 0 fully saturated rings. The molecule has 1 aromatic carbocycles. The SMILES string of the molecule is CC1(CCCC(F)(F)F)C[C@@H](N)c2ccccc2O1. The summed E-state index contributed by atoms with van der Waals surface area (Å²) in [6.45, 7) is 1.83. The summed E-state index contributed by atoms with van der Waals surface area (Å²) < 4.78 is 42.4. The minimum absolute atomic E-state index is 0.0644.